The van der Waals surface area contributed by atoms with E-state index in [1.165, 1.54) is 0 Å². The van der Waals surface area contributed by atoms with E-state index < -0.39 is 23.5 Å². The van der Waals surface area contributed by atoms with Gasteiger partial charge in [-0.25, -0.2) is 9.59 Å². The molecule has 0 rings (SSSR count). The van der Waals surface area contributed by atoms with Crippen molar-refractivity contribution in [1.29, 1.82) is 0 Å². The minimum atomic E-state index is -1.66. The van der Waals surface area contributed by atoms with Crippen molar-refractivity contribution in [3.63, 3.8) is 0 Å². The first-order valence-corrected chi connectivity index (χ1v) is 3.02. The van der Waals surface area contributed by atoms with Gasteiger partial charge in [0, 0.05) is 12.2 Å². The molecule has 0 unspecified atom stereocenters. The SMILES string of the molecule is O=C(O)C=CC(=O)/C=C(\O)C(=O)O. The van der Waals surface area contributed by atoms with Crippen LogP contribution in [0.15, 0.2) is 24.0 Å². The largest absolute Gasteiger partial charge is 0.502 e. The summed E-state index contributed by atoms with van der Waals surface area (Å²) >= 11 is 0. The molecule has 13 heavy (non-hydrogen) atoms. The smallest absolute Gasteiger partial charge is 0.371 e. The standard InChI is InChI=1S/C7H6O6/c8-4(1-2-6(10)11)3-5(9)7(12)13/h1-3,9H,(H,10,11)(H,12,13)/b2-1?,5-3-. The van der Waals surface area contributed by atoms with Crippen molar-refractivity contribution < 1.29 is 29.7 Å². The normalized spacial score (nSPS) is 11.5. The highest BCUT2D eigenvalue weighted by Crippen LogP contribution is 1.90. The average molecular weight is 186 g/mol. The van der Waals surface area contributed by atoms with Gasteiger partial charge >= 0.3 is 11.9 Å². The van der Waals surface area contributed by atoms with Gasteiger partial charge in [0.2, 0.25) is 5.76 Å². The second-order valence-electron chi connectivity index (χ2n) is 1.91. The van der Waals surface area contributed by atoms with Gasteiger partial charge in [0.05, 0.1) is 0 Å². The quantitative estimate of drug-likeness (QED) is 0.411. The molecule has 0 aliphatic rings. The zero-order valence-electron chi connectivity index (χ0n) is 6.30. The topological polar surface area (TPSA) is 112 Å². The second-order valence-corrected chi connectivity index (χ2v) is 1.91. The third-order valence-electron chi connectivity index (χ3n) is 0.888. The van der Waals surface area contributed by atoms with E-state index in [1.54, 1.807) is 0 Å². The molecule has 0 spiro atoms. The lowest BCUT2D eigenvalue weighted by molar-refractivity contribution is -0.135. The minimum Gasteiger partial charge on any atom is -0.502 e. The summed E-state index contributed by atoms with van der Waals surface area (Å²) in [6.07, 6.45) is 1.57. The van der Waals surface area contributed by atoms with Crippen molar-refractivity contribution in [2.45, 2.75) is 0 Å². The summed E-state index contributed by atoms with van der Waals surface area (Å²) in [7, 11) is 0. The lowest BCUT2D eigenvalue weighted by atomic mass is 10.3. The number of carbonyl (C=O) groups is 3. The van der Waals surface area contributed by atoms with Crippen molar-refractivity contribution in [2.24, 2.45) is 0 Å². The molecule has 0 aliphatic carbocycles. The number of carbonyl (C=O) groups excluding carboxylic acids is 1. The number of carboxylic acids is 2. The van der Waals surface area contributed by atoms with E-state index in [-0.39, 0.29) is 0 Å². The van der Waals surface area contributed by atoms with Gasteiger partial charge < -0.3 is 15.3 Å². The predicted molar refractivity (Wildman–Crippen MR) is 40.1 cm³/mol. The number of hydrogen-bond donors (Lipinski definition) is 3. The molecule has 0 atom stereocenters. The van der Waals surface area contributed by atoms with Crippen LogP contribution >= 0.6 is 0 Å². The number of aliphatic hydroxyl groups excluding tert-OH is 1. The van der Waals surface area contributed by atoms with Crippen molar-refractivity contribution in [2.75, 3.05) is 0 Å². The molecule has 0 fully saturated rings. The van der Waals surface area contributed by atoms with Crippen molar-refractivity contribution >= 4 is 17.7 Å². The first-order chi connectivity index (χ1) is 5.93. The van der Waals surface area contributed by atoms with Crippen molar-refractivity contribution in [3.05, 3.63) is 24.0 Å². The Morgan fingerprint density at radius 1 is 0.923 bits per heavy atom. The maximum absolute atomic E-state index is 10.6. The van der Waals surface area contributed by atoms with Crippen LogP contribution in [0.2, 0.25) is 0 Å². The monoisotopic (exact) mass is 186 g/mol. The maximum atomic E-state index is 10.6. The van der Waals surface area contributed by atoms with Gasteiger partial charge in [-0.2, -0.15) is 0 Å². The van der Waals surface area contributed by atoms with E-state index in [0.717, 1.165) is 0 Å². The summed E-state index contributed by atoms with van der Waals surface area (Å²) in [4.78, 5) is 30.5. The number of aliphatic hydroxyl groups is 1. The lowest BCUT2D eigenvalue weighted by Crippen LogP contribution is -2.02. The number of hydrogen-bond acceptors (Lipinski definition) is 4. The molecule has 0 aromatic rings. The molecule has 0 bridgehead atoms. The number of carboxylic acid groups (broad SMARTS) is 2. The Bertz CT molecular complexity index is 298. The predicted octanol–water partition coefficient (Wildman–Crippen LogP) is -0.277. The summed E-state index contributed by atoms with van der Waals surface area (Å²) in [5.41, 5.74) is 0. The Labute approximate surface area is 72.4 Å². The first kappa shape index (κ1) is 10.9. The fourth-order valence-corrected chi connectivity index (χ4v) is 0.398. The van der Waals surface area contributed by atoms with Crippen LogP contribution in [0.3, 0.4) is 0 Å². The maximum Gasteiger partial charge on any atom is 0.371 e. The van der Waals surface area contributed by atoms with E-state index in [4.69, 9.17) is 15.3 Å². The van der Waals surface area contributed by atoms with Gasteiger partial charge in [0.1, 0.15) is 0 Å². The average Bonchev–Trinajstić information content (AvgIpc) is 2.00. The Kier molecular flexibility index (Phi) is 3.94. The molecule has 0 saturated heterocycles. The van der Waals surface area contributed by atoms with Gasteiger partial charge in [-0.3, -0.25) is 4.79 Å². The fourth-order valence-electron chi connectivity index (χ4n) is 0.398. The van der Waals surface area contributed by atoms with Gasteiger partial charge in [-0.05, 0) is 6.08 Å². The molecule has 6 heteroatoms. The van der Waals surface area contributed by atoms with Crippen molar-refractivity contribution in [3.8, 4) is 0 Å². The second kappa shape index (κ2) is 4.70. The summed E-state index contributed by atoms with van der Waals surface area (Å²) in [6.45, 7) is 0. The van der Waals surface area contributed by atoms with Crippen LogP contribution in [0, 0.1) is 0 Å². The first-order valence-electron chi connectivity index (χ1n) is 3.02. The zero-order valence-corrected chi connectivity index (χ0v) is 6.30. The van der Waals surface area contributed by atoms with Crippen LogP contribution in [0.4, 0.5) is 0 Å². The number of rotatable bonds is 4. The third kappa shape index (κ3) is 5.19. The minimum absolute atomic E-state index is 0.405. The van der Waals surface area contributed by atoms with Crippen LogP contribution in [0.25, 0.3) is 0 Å². The van der Waals surface area contributed by atoms with E-state index in [0.29, 0.717) is 18.2 Å². The summed E-state index contributed by atoms with van der Waals surface area (Å²) < 4.78 is 0. The lowest BCUT2D eigenvalue weighted by Gasteiger charge is -1.87. The molecule has 70 valence electrons. The number of allylic oxidation sites excluding steroid dienone is 2. The molecular weight excluding hydrogens is 180 g/mol. The highest BCUT2D eigenvalue weighted by atomic mass is 16.4. The highest BCUT2D eigenvalue weighted by molar-refractivity contribution is 6.05. The van der Waals surface area contributed by atoms with Crippen LogP contribution in [-0.4, -0.2) is 33.0 Å². The molecule has 0 radical (unpaired) electrons. The molecule has 3 N–H and O–H groups in total. The molecular formula is C7H6O6. The van der Waals surface area contributed by atoms with Gasteiger partial charge in [-0.15, -0.1) is 0 Å². The van der Waals surface area contributed by atoms with Crippen molar-refractivity contribution in [1.82, 2.24) is 0 Å². The zero-order chi connectivity index (χ0) is 10.4. The van der Waals surface area contributed by atoms with Crippen LogP contribution in [-0.2, 0) is 14.4 Å². The van der Waals surface area contributed by atoms with Gasteiger partial charge in [0.25, 0.3) is 0 Å². The van der Waals surface area contributed by atoms with E-state index in [2.05, 4.69) is 0 Å². The van der Waals surface area contributed by atoms with E-state index >= 15 is 0 Å². The van der Waals surface area contributed by atoms with E-state index in [1.807, 2.05) is 0 Å². The molecule has 0 amide bonds. The molecule has 0 saturated carbocycles. The van der Waals surface area contributed by atoms with Gasteiger partial charge in [0.15, 0.2) is 5.78 Å². The Morgan fingerprint density at radius 3 is 1.85 bits per heavy atom. The molecule has 0 aromatic carbocycles. The molecule has 0 heterocycles. The number of ketones is 1. The summed E-state index contributed by atoms with van der Waals surface area (Å²) in [5.74, 6) is -5.05. The molecule has 6 nitrogen and oxygen atoms in total. The Hall–Kier alpha value is -2.11. The Balaban J connectivity index is 4.39. The Morgan fingerprint density at radius 2 is 1.46 bits per heavy atom. The molecule has 0 aliphatic heterocycles. The van der Waals surface area contributed by atoms with Crippen LogP contribution in [0.1, 0.15) is 0 Å². The van der Waals surface area contributed by atoms with Crippen LogP contribution < -0.4 is 0 Å². The van der Waals surface area contributed by atoms with E-state index in [9.17, 15) is 14.4 Å². The van der Waals surface area contributed by atoms with Gasteiger partial charge in [-0.1, -0.05) is 0 Å². The number of aliphatic carboxylic acids is 2. The summed E-state index contributed by atoms with van der Waals surface area (Å²) in [6, 6.07) is 0. The third-order valence-corrected chi connectivity index (χ3v) is 0.888. The fraction of sp³-hybridized carbons (Fsp3) is 0. The summed E-state index contributed by atoms with van der Waals surface area (Å²) in [5, 5.41) is 24.7. The highest BCUT2D eigenvalue weighted by Gasteiger charge is 2.05. The van der Waals surface area contributed by atoms with Crippen LogP contribution in [0.5, 0.6) is 0 Å². The molecule has 0 aromatic heterocycles.